The number of hydrogen-bond donors (Lipinski definition) is 0. The Morgan fingerprint density at radius 3 is 2.74 bits per heavy atom. The molecule has 0 amide bonds. The van der Waals surface area contributed by atoms with Gasteiger partial charge in [-0.1, -0.05) is 6.07 Å². The molecular formula is C22H32N4O. The third-order valence-corrected chi connectivity index (χ3v) is 6.22. The van der Waals surface area contributed by atoms with Crippen LogP contribution in [-0.2, 0) is 13.1 Å². The summed E-state index contributed by atoms with van der Waals surface area (Å²) in [6.45, 7) is 12.0. The lowest BCUT2D eigenvalue weighted by Gasteiger charge is -2.42. The van der Waals surface area contributed by atoms with Gasteiger partial charge in [-0.05, 0) is 63.9 Å². The topological polar surface area (TPSA) is 33.5 Å². The Balaban J connectivity index is 1.52. The Morgan fingerprint density at radius 1 is 1.15 bits per heavy atom. The van der Waals surface area contributed by atoms with E-state index < -0.39 is 0 Å². The second-order valence-corrected chi connectivity index (χ2v) is 8.30. The molecule has 4 rings (SSSR count). The predicted molar refractivity (Wildman–Crippen MR) is 108 cm³/mol. The summed E-state index contributed by atoms with van der Waals surface area (Å²) >= 11 is 0. The summed E-state index contributed by atoms with van der Waals surface area (Å²) in [6, 6.07) is 10.1. The molecule has 0 saturated carbocycles. The van der Waals surface area contributed by atoms with Gasteiger partial charge in [0, 0.05) is 43.0 Å². The molecule has 2 fully saturated rings. The van der Waals surface area contributed by atoms with Gasteiger partial charge in [0.2, 0.25) is 0 Å². The van der Waals surface area contributed by atoms with Crippen LogP contribution in [0, 0.1) is 13.8 Å². The summed E-state index contributed by atoms with van der Waals surface area (Å²) in [4.78, 5) is 5.34. The van der Waals surface area contributed by atoms with E-state index in [1.165, 1.54) is 49.3 Å². The Kier molecular flexibility index (Phi) is 5.24. The maximum Gasteiger partial charge on any atom is 0.123 e. The molecule has 27 heavy (non-hydrogen) atoms. The second kappa shape index (κ2) is 7.64. The molecule has 0 radical (unpaired) electrons. The summed E-state index contributed by atoms with van der Waals surface area (Å²) in [6.07, 6.45) is 2.72. The quantitative estimate of drug-likeness (QED) is 0.811. The van der Waals surface area contributed by atoms with Crippen LogP contribution in [0.2, 0.25) is 0 Å². The Labute approximate surface area is 162 Å². The zero-order valence-electron chi connectivity index (χ0n) is 17.1. The van der Waals surface area contributed by atoms with E-state index in [0.717, 1.165) is 30.6 Å². The van der Waals surface area contributed by atoms with Gasteiger partial charge in [-0.25, -0.2) is 0 Å². The zero-order chi connectivity index (χ0) is 19.0. The van der Waals surface area contributed by atoms with Crippen molar-refractivity contribution in [2.24, 2.45) is 0 Å². The lowest BCUT2D eigenvalue weighted by atomic mass is 10.0. The average molecular weight is 369 g/mol. The predicted octanol–water partition coefficient (Wildman–Crippen LogP) is 3.23. The molecule has 5 heteroatoms. The smallest absolute Gasteiger partial charge is 0.123 e. The zero-order valence-corrected chi connectivity index (χ0v) is 17.1. The van der Waals surface area contributed by atoms with Crippen LogP contribution in [0.1, 0.15) is 42.3 Å². The molecule has 0 bridgehead atoms. The van der Waals surface area contributed by atoms with E-state index >= 15 is 0 Å². The number of rotatable bonds is 5. The largest absolute Gasteiger partial charge is 0.496 e. The van der Waals surface area contributed by atoms with Crippen LogP contribution >= 0.6 is 0 Å². The highest BCUT2D eigenvalue weighted by Crippen LogP contribution is 2.27. The molecule has 1 aromatic carbocycles. The molecule has 2 saturated heterocycles. The highest BCUT2D eigenvalue weighted by atomic mass is 16.5. The molecule has 1 aromatic heterocycles. The van der Waals surface area contributed by atoms with Crippen LogP contribution in [0.25, 0.3) is 0 Å². The lowest BCUT2D eigenvalue weighted by molar-refractivity contribution is 0.0540. The van der Waals surface area contributed by atoms with Gasteiger partial charge in [0.05, 0.1) is 19.3 Å². The molecular weight excluding hydrogens is 336 g/mol. The standard InChI is InChI=1S/C22H32N4O/c1-16-10-17(2)26(23-16)14-20-11-19(7-8-22(20)27-4)13-25-15-21-6-5-9-24(21)12-18(25)3/h7-8,10-11,18,21H,5-6,9,12-15H2,1-4H3/t18-,21-/m0/s1. The molecule has 146 valence electrons. The Hall–Kier alpha value is -1.85. The first-order chi connectivity index (χ1) is 13.0. The van der Waals surface area contributed by atoms with Crippen molar-refractivity contribution in [3.8, 4) is 5.75 Å². The van der Waals surface area contributed by atoms with Crippen molar-refractivity contribution in [1.82, 2.24) is 19.6 Å². The summed E-state index contributed by atoms with van der Waals surface area (Å²) in [5.41, 5.74) is 4.82. The van der Waals surface area contributed by atoms with Crippen LogP contribution in [0.5, 0.6) is 5.75 Å². The van der Waals surface area contributed by atoms with E-state index in [9.17, 15) is 0 Å². The minimum absolute atomic E-state index is 0.612. The van der Waals surface area contributed by atoms with Gasteiger partial charge >= 0.3 is 0 Å². The fraction of sp³-hybridized carbons (Fsp3) is 0.591. The molecule has 0 unspecified atom stereocenters. The normalized spacial score (nSPS) is 23.6. The highest BCUT2D eigenvalue weighted by Gasteiger charge is 2.34. The number of ether oxygens (including phenoxy) is 1. The van der Waals surface area contributed by atoms with Crippen molar-refractivity contribution in [2.45, 2.75) is 58.8 Å². The monoisotopic (exact) mass is 368 g/mol. The van der Waals surface area contributed by atoms with Gasteiger partial charge in [-0.15, -0.1) is 0 Å². The second-order valence-electron chi connectivity index (χ2n) is 8.30. The molecule has 0 aliphatic carbocycles. The SMILES string of the molecule is COc1ccc(CN2C[C@@H]3CCCN3C[C@@H]2C)cc1Cn1nc(C)cc1C. The van der Waals surface area contributed by atoms with Crippen molar-refractivity contribution in [3.05, 3.63) is 46.8 Å². The first-order valence-corrected chi connectivity index (χ1v) is 10.2. The first kappa shape index (κ1) is 18.5. The van der Waals surface area contributed by atoms with Crippen molar-refractivity contribution in [3.63, 3.8) is 0 Å². The van der Waals surface area contributed by atoms with Crippen molar-refractivity contribution < 1.29 is 4.74 Å². The number of hydrogen-bond acceptors (Lipinski definition) is 4. The molecule has 2 aliphatic heterocycles. The van der Waals surface area contributed by atoms with E-state index in [1.54, 1.807) is 7.11 Å². The summed E-state index contributed by atoms with van der Waals surface area (Å²) < 4.78 is 7.69. The first-order valence-electron chi connectivity index (χ1n) is 10.2. The third-order valence-electron chi connectivity index (χ3n) is 6.22. The molecule has 2 aromatic rings. The third kappa shape index (κ3) is 3.90. The molecule has 2 atom stereocenters. The van der Waals surface area contributed by atoms with E-state index in [2.05, 4.69) is 57.7 Å². The maximum absolute atomic E-state index is 5.63. The number of aryl methyl sites for hydroxylation is 2. The fourth-order valence-corrected chi connectivity index (χ4v) is 4.75. The molecule has 3 heterocycles. The Bertz CT molecular complexity index is 800. The van der Waals surface area contributed by atoms with Crippen LogP contribution in [0.15, 0.2) is 24.3 Å². The van der Waals surface area contributed by atoms with Crippen molar-refractivity contribution >= 4 is 0 Å². The van der Waals surface area contributed by atoms with E-state index in [-0.39, 0.29) is 0 Å². The highest BCUT2D eigenvalue weighted by molar-refractivity contribution is 5.37. The minimum atomic E-state index is 0.612. The van der Waals surface area contributed by atoms with Crippen LogP contribution < -0.4 is 4.74 Å². The van der Waals surface area contributed by atoms with Crippen LogP contribution in [0.4, 0.5) is 0 Å². The maximum atomic E-state index is 5.63. The molecule has 5 nitrogen and oxygen atoms in total. The van der Waals surface area contributed by atoms with Gasteiger partial charge in [0.25, 0.3) is 0 Å². The number of aromatic nitrogens is 2. The Morgan fingerprint density at radius 2 is 2.00 bits per heavy atom. The molecule has 0 N–H and O–H groups in total. The molecule has 0 spiro atoms. The van der Waals surface area contributed by atoms with Gasteiger partial charge < -0.3 is 4.74 Å². The fourth-order valence-electron chi connectivity index (χ4n) is 4.75. The number of fused-ring (bicyclic) bond motifs is 1. The number of piperazine rings is 1. The number of nitrogens with zero attached hydrogens (tertiary/aromatic N) is 4. The van der Waals surface area contributed by atoms with E-state index in [4.69, 9.17) is 4.74 Å². The van der Waals surface area contributed by atoms with Crippen molar-refractivity contribution in [2.75, 3.05) is 26.7 Å². The number of benzene rings is 1. The average Bonchev–Trinajstić information content (AvgIpc) is 3.21. The van der Waals surface area contributed by atoms with Gasteiger partial charge in [0.15, 0.2) is 0 Å². The van der Waals surface area contributed by atoms with Gasteiger partial charge in [0.1, 0.15) is 5.75 Å². The van der Waals surface area contributed by atoms with Crippen LogP contribution in [-0.4, -0.2) is 58.4 Å². The van der Waals surface area contributed by atoms with Crippen molar-refractivity contribution in [1.29, 1.82) is 0 Å². The lowest BCUT2D eigenvalue weighted by Crippen LogP contribution is -2.54. The van der Waals surface area contributed by atoms with Crippen LogP contribution in [0.3, 0.4) is 0 Å². The van der Waals surface area contributed by atoms with E-state index in [1.807, 2.05) is 6.92 Å². The summed E-state index contributed by atoms with van der Waals surface area (Å²) in [7, 11) is 1.75. The van der Waals surface area contributed by atoms with E-state index in [0.29, 0.717) is 6.04 Å². The summed E-state index contributed by atoms with van der Waals surface area (Å²) in [5, 5.41) is 4.62. The number of methoxy groups -OCH3 is 1. The minimum Gasteiger partial charge on any atom is -0.496 e. The molecule has 2 aliphatic rings. The summed E-state index contributed by atoms with van der Waals surface area (Å²) in [5.74, 6) is 0.944. The van der Waals surface area contributed by atoms with Gasteiger partial charge in [-0.3, -0.25) is 14.5 Å². The van der Waals surface area contributed by atoms with Gasteiger partial charge in [-0.2, -0.15) is 5.10 Å².